The van der Waals surface area contributed by atoms with E-state index >= 15 is 0 Å². The van der Waals surface area contributed by atoms with Crippen LogP contribution in [0, 0.1) is 0 Å². The first-order valence-corrected chi connectivity index (χ1v) is 3.41. The molecule has 0 bridgehead atoms. The van der Waals surface area contributed by atoms with E-state index in [4.69, 9.17) is 20.4 Å². The SMILES string of the molecule is C[C@@H](O)[C@H]1O[C@@H](O)[C@H](O)[C@H]1O. The summed E-state index contributed by atoms with van der Waals surface area (Å²) in [6, 6.07) is 0. The molecule has 1 heterocycles. The Labute approximate surface area is 63.8 Å². The maximum atomic E-state index is 9.10. The van der Waals surface area contributed by atoms with Gasteiger partial charge in [0, 0.05) is 0 Å². The summed E-state index contributed by atoms with van der Waals surface area (Å²) < 4.78 is 4.65. The lowest BCUT2D eigenvalue weighted by molar-refractivity contribution is -0.143. The molecule has 0 aromatic heterocycles. The monoisotopic (exact) mass is 164 g/mol. The number of rotatable bonds is 1. The van der Waals surface area contributed by atoms with Crippen molar-refractivity contribution in [3.05, 3.63) is 0 Å². The van der Waals surface area contributed by atoms with E-state index in [1.165, 1.54) is 6.92 Å². The van der Waals surface area contributed by atoms with Crippen LogP contribution in [0.15, 0.2) is 0 Å². The molecule has 0 spiro atoms. The van der Waals surface area contributed by atoms with Gasteiger partial charge in [-0.15, -0.1) is 0 Å². The van der Waals surface area contributed by atoms with Gasteiger partial charge in [-0.1, -0.05) is 0 Å². The van der Waals surface area contributed by atoms with Gasteiger partial charge in [-0.05, 0) is 6.92 Å². The summed E-state index contributed by atoms with van der Waals surface area (Å²) in [7, 11) is 0. The van der Waals surface area contributed by atoms with Crippen LogP contribution in [-0.2, 0) is 4.74 Å². The van der Waals surface area contributed by atoms with Crippen molar-refractivity contribution in [3.63, 3.8) is 0 Å². The van der Waals surface area contributed by atoms with Crippen LogP contribution in [-0.4, -0.2) is 51.1 Å². The van der Waals surface area contributed by atoms with Crippen molar-refractivity contribution in [3.8, 4) is 0 Å². The molecule has 5 nitrogen and oxygen atoms in total. The Morgan fingerprint density at radius 3 is 1.91 bits per heavy atom. The summed E-state index contributed by atoms with van der Waals surface area (Å²) in [5.41, 5.74) is 0. The van der Waals surface area contributed by atoms with E-state index in [0.29, 0.717) is 0 Å². The molecule has 66 valence electrons. The molecular weight excluding hydrogens is 152 g/mol. The van der Waals surface area contributed by atoms with Gasteiger partial charge in [-0.25, -0.2) is 0 Å². The first-order chi connectivity index (χ1) is 5.04. The molecule has 4 N–H and O–H groups in total. The molecule has 5 heteroatoms. The van der Waals surface area contributed by atoms with Crippen molar-refractivity contribution in [2.24, 2.45) is 0 Å². The zero-order valence-corrected chi connectivity index (χ0v) is 6.08. The van der Waals surface area contributed by atoms with Gasteiger partial charge in [0.2, 0.25) is 0 Å². The molecule has 0 saturated carbocycles. The molecule has 0 aliphatic carbocycles. The second-order valence-corrected chi connectivity index (χ2v) is 2.71. The molecule has 11 heavy (non-hydrogen) atoms. The maximum Gasteiger partial charge on any atom is 0.184 e. The largest absolute Gasteiger partial charge is 0.391 e. The van der Waals surface area contributed by atoms with Gasteiger partial charge in [0.05, 0.1) is 6.10 Å². The van der Waals surface area contributed by atoms with Crippen LogP contribution in [0.3, 0.4) is 0 Å². The Morgan fingerprint density at radius 2 is 1.73 bits per heavy atom. The summed E-state index contributed by atoms with van der Waals surface area (Å²) in [5.74, 6) is 0. The molecule has 1 saturated heterocycles. The van der Waals surface area contributed by atoms with Gasteiger partial charge in [0.1, 0.15) is 18.3 Å². The van der Waals surface area contributed by atoms with Crippen molar-refractivity contribution < 1.29 is 25.2 Å². The van der Waals surface area contributed by atoms with E-state index in [1.54, 1.807) is 0 Å². The van der Waals surface area contributed by atoms with Crippen LogP contribution in [0.4, 0.5) is 0 Å². The Bertz CT molecular complexity index is 137. The Hall–Kier alpha value is -0.200. The van der Waals surface area contributed by atoms with E-state index in [9.17, 15) is 0 Å². The zero-order valence-electron chi connectivity index (χ0n) is 6.08. The lowest BCUT2D eigenvalue weighted by Gasteiger charge is -2.16. The molecule has 1 aliphatic rings. The highest BCUT2D eigenvalue weighted by molar-refractivity contribution is 4.88. The van der Waals surface area contributed by atoms with Gasteiger partial charge in [0.25, 0.3) is 0 Å². The molecule has 0 aromatic carbocycles. The van der Waals surface area contributed by atoms with Gasteiger partial charge in [-0.2, -0.15) is 0 Å². The highest BCUT2D eigenvalue weighted by Crippen LogP contribution is 2.21. The van der Waals surface area contributed by atoms with Crippen molar-refractivity contribution in [1.82, 2.24) is 0 Å². The van der Waals surface area contributed by atoms with Crippen LogP contribution in [0.2, 0.25) is 0 Å². The second-order valence-electron chi connectivity index (χ2n) is 2.71. The molecular formula is C6H12O5. The van der Waals surface area contributed by atoms with Crippen molar-refractivity contribution in [2.75, 3.05) is 0 Å². The summed E-state index contributed by atoms with van der Waals surface area (Å²) in [6.07, 6.45) is -5.75. The van der Waals surface area contributed by atoms with Gasteiger partial charge in [-0.3, -0.25) is 0 Å². The van der Waals surface area contributed by atoms with E-state index in [-0.39, 0.29) is 0 Å². The third-order valence-corrected chi connectivity index (χ3v) is 1.75. The highest BCUT2D eigenvalue weighted by atomic mass is 16.6. The summed E-state index contributed by atoms with van der Waals surface area (Å²) in [5, 5.41) is 35.8. The predicted molar refractivity (Wildman–Crippen MR) is 34.6 cm³/mol. The topological polar surface area (TPSA) is 90.2 Å². The highest BCUT2D eigenvalue weighted by Gasteiger charge is 2.43. The molecule has 1 fully saturated rings. The number of aliphatic hydroxyl groups is 4. The number of aliphatic hydroxyl groups excluding tert-OH is 4. The van der Waals surface area contributed by atoms with Gasteiger partial charge < -0.3 is 25.2 Å². The van der Waals surface area contributed by atoms with Crippen LogP contribution < -0.4 is 0 Å². The van der Waals surface area contributed by atoms with Crippen LogP contribution in [0.5, 0.6) is 0 Å². The average Bonchev–Trinajstić information content (AvgIpc) is 2.17. The molecule has 0 radical (unpaired) electrons. The van der Waals surface area contributed by atoms with Crippen molar-refractivity contribution >= 4 is 0 Å². The van der Waals surface area contributed by atoms with Crippen LogP contribution in [0.1, 0.15) is 6.92 Å². The number of hydrogen-bond acceptors (Lipinski definition) is 5. The van der Waals surface area contributed by atoms with Gasteiger partial charge in [0.15, 0.2) is 6.29 Å². The molecule has 5 atom stereocenters. The molecule has 0 amide bonds. The number of hydrogen-bond donors (Lipinski definition) is 4. The predicted octanol–water partition coefficient (Wildman–Crippen LogP) is -2.19. The minimum Gasteiger partial charge on any atom is -0.391 e. The van der Waals surface area contributed by atoms with E-state index in [2.05, 4.69) is 4.74 Å². The van der Waals surface area contributed by atoms with Crippen LogP contribution >= 0.6 is 0 Å². The first-order valence-electron chi connectivity index (χ1n) is 3.41. The fraction of sp³-hybridized carbons (Fsp3) is 1.00. The molecule has 0 aromatic rings. The van der Waals surface area contributed by atoms with Crippen molar-refractivity contribution in [1.29, 1.82) is 0 Å². The average molecular weight is 164 g/mol. The number of ether oxygens (including phenoxy) is 1. The van der Waals surface area contributed by atoms with E-state index in [1.807, 2.05) is 0 Å². The minimum atomic E-state index is -1.40. The third-order valence-electron chi connectivity index (χ3n) is 1.75. The fourth-order valence-corrected chi connectivity index (χ4v) is 1.08. The lowest BCUT2D eigenvalue weighted by Crippen LogP contribution is -2.37. The second kappa shape index (κ2) is 3.04. The minimum absolute atomic E-state index is 0.903. The third kappa shape index (κ3) is 1.52. The quantitative estimate of drug-likeness (QED) is 0.353. The Kier molecular flexibility index (Phi) is 2.46. The summed E-state index contributed by atoms with van der Waals surface area (Å²) in [4.78, 5) is 0. The summed E-state index contributed by atoms with van der Waals surface area (Å²) >= 11 is 0. The fourth-order valence-electron chi connectivity index (χ4n) is 1.08. The molecule has 0 unspecified atom stereocenters. The Morgan fingerprint density at radius 1 is 1.18 bits per heavy atom. The smallest absolute Gasteiger partial charge is 0.184 e. The zero-order chi connectivity index (χ0) is 8.59. The normalized spacial score (nSPS) is 47.7. The summed E-state index contributed by atoms with van der Waals surface area (Å²) in [6.45, 7) is 1.42. The Balaban J connectivity index is 2.59. The molecule has 1 rings (SSSR count). The lowest BCUT2D eigenvalue weighted by atomic mass is 10.1. The van der Waals surface area contributed by atoms with Crippen LogP contribution in [0.25, 0.3) is 0 Å². The maximum absolute atomic E-state index is 9.10. The standard InChI is InChI=1S/C6H12O5/c1-2(7)5-3(8)4(9)6(10)11-5/h2-10H,1H3/t2-,3-,4-,5-,6-/m1/s1. The van der Waals surface area contributed by atoms with E-state index < -0.39 is 30.7 Å². The van der Waals surface area contributed by atoms with Gasteiger partial charge >= 0.3 is 0 Å². The molecule has 1 aliphatic heterocycles. The van der Waals surface area contributed by atoms with Crippen molar-refractivity contribution in [2.45, 2.75) is 37.6 Å². The first kappa shape index (κ1) is 8.89. The van der Waals surface area contributed by atoms with E-state index in [0.717, 1.165) is 0 Å².